The molecule has 1 aromatic heterocycles. The monoisotopic (exact) mass is 373 g/mol. The van der Waals surface area contributed by atoms with Crippen LogP contribution in [0.4, 0.5) is 6.01 Å². The molecule has 0 aliphatic carbocycles. The Morgan fingerprint density at radius 3 is 2.43 bits per heavy atom. The minimum atomic E-state index is -0.991. The number of benzene rings is 2. The summed E-state index contributed by atoms with van der Waals surface area (Å²) in [7, 11) is 0. The average molecular weight is 373 g/mol. The van der Waals surface area contributed by atoms with Gasteiger partial charge >= 0.3 is 24.8 Å². The number of piperazine rings is 1. The molecule has 4 rings (SSSR count). The van der Waals surface area contributed by atoms with Crippen LogP contribution in [-0.4, -0.2) is 65.0 Å². The molecule has 7 heteroatoms. The van der Waals surface area contributed by atoms with Gasteiger partial charge in [0.15, 0.2) is 5.58 Å². The number of carboxylic acid groups (broad SMARTS) is 1. The van der Waals surface area contributed by atoms with E-state index in [1.54, 1.807) is 18.2 Å². The Morgan fingerprint density at radius 1 is 1.11 bits per heavy atom. The van der Waals surface area contributed by atoms with Crippen molar-refractivity contribution in [2.45, 2.75) is 32.5 Å². The van der Waals surface area contributed by atoms with Crippen molar-refractivity contribution in [1.29, 1.82) is 0 Å². The quantitative estimate of drug-likeness (QED) is 0.709. The Balaban J connectivity index is 0.00000225. The van der Waals surface area contributed by atoms with Crippen LogP contribution >= 0.6 is 0 Å². The number of hydrogen-bond donors (Lipinski definition) is 1. The van der Waals surface area contributed by atoms with Crippen molar-refractivity contribution >= 4 is 41.9 Å². The Labute approximate surface area is 176 Å². The fourth-order valence-electron chi connectivity index (χ4n) is 4.00. The van der Waals surface area contributed by atoms with Crippen LogP contribution in [0.25, 0.3) is 11.1 Å². The first-order chi connectivity index (χ1) is 13.0. The third-order valence-electron chi connectivity index (χ3n) is 5.10. The SMILES string of the molecule is CC1CN(Cc2ccccc2)CC(C)N1c1nc2c(C(=O)O)cccc2o1.[LiH]. The van der Waals surface area contributed by atoms with Crippen LogP contribution in [0.1, 0.15) is 29.8 Å². The van der Waals surface area contributed by atoms with Crippen molar-refractivity contribution in [3.05, 3.63) is 59.7 Å². The van der Waals surface area contributed by atoms with Crippen molar-refractivity contribution < 1.29 is 14.3 Å². The molecule has 3 aromatic rings. The Morgan fingerprint density at radius 2 is 1.79 bits per heavy atom. The number of nitrogens with zero attached hydrogens (tertiary/aromatic N) is 3. The second-order valence-corrected chi connectivity index (χ2v) is 7.24. The predicted octanol–water partition coefficient (Wildman–Crippen LogP) is 2.98. The van der Waals surface area contributed by atoms with Gasteiger partial charge in [0.2, 0.25) is 0 Å². The van der Waals surface area contributed by atoms with E-state index in [9.17, 15) is 9.90 Å². The van der Waals surface area contributed by atoms with Crippen molar-refractivity contribution in [1.82, 2.24) is 9.88 Å². The van der Waals surface area contributed by atoms with E-state index in [4.69, 9.17) is 4.42 Å². The summed E-state index contributed by atoms with van der Waals surface area (Å²) >= 11 is 0. The van der Waals surface area contributed by atoms with Crippen molar-refractivity contribution in [3.63, 3.8) is 0 Å². The van der Waals surface area contributed by atoms with Gasteiger partial charge < -0.3 is 14.4 Å². The van der Waals surface area contributed by atoms with Crippen molar-refractivity contribution in [3.8, 4) is 0 Å². The summed E-state index contributed by atoms with van der Waals surface area (Å²) in [6.07, 6.45) is 0. The van der Waals surface area contributed by atoms with E-state index in [0.717, 1.165) is 19.6 Å². The van der Waals surface area contributed by atoms with Crippen LogP contribution in [-0.2, 0) is 6.54 Å². The Kier molecular flexibility index (Phi) is 6.14. The maximum absolute atomic E-state index is 11.4. The molecule has 2 heterocycles. The number of rotatable bonds is 4. The van der Waals surface area contributed by atoms with Gasteiger partial charge in [0, 0.05) is 31.7 Å². The topological polar surface area (TPSA) is 69.8 Å². The molecule has 0 bridgehead atoms. The third kappa shape index (κ3) is 3.95. The van der Waals surface area contributed by atoms with Gasteiger partial charge in [-0.1, -0.05) is 36.4 Å². The van der Waals surface area contributed by atoms with Crippen LogP contribution in [0.2, 0.25) is 0 Å². The van der Waals surface area contributed by atoms with Gasteiger partial charge in [0.05, 0.1) is 5.56 Å². The molecule has 0 amide bonds. The first-order valence-electron chi connectivity index (χ1n) is 9.20. The van der Waals surface area contributed by atoms with Crippen LogP contribution in [0, 0.1) is 0 Å². The Bertz CT molecular complexity index is 948. The van der Waals surface area contributed by atoms with Crippen LogP contribution in [0.5, 0.6) is 0 Å². The summed E-state index contributed by atoms with van der Waals surface area (Å²) in [6.45, 7) is 7.01. The van der Waals surface area contributed by atoms with Crippen LogP contribution in [0.15, 0.2) is 52.9 Å². The average Bonchev–Trinajstić information content (AvgIpc) is 3.05. The number of para-hydroxylation sites is 1. The molecule has 142 valence electrons. The van der Waals surface area contributed by atoms with E-state index in [2.05, 4.69) is 52.9 Å². The molecule has 2 aromatic carbocycles. The molecule has 1 aliphatic rings. The van der Waals surface area contributed by atoms with Gasteiger partial charge in [0.1, 0.15) is 5.52 Å². The standard InChI is InChI=1S/C21H23N3O3.Li.H/c1-14-11-23(13-16-7-4-3-5-8-16)12-15(2)24(14)21-22-19-17(20(25)26)9-6-10-18(19)27-21;;/h3-10,14-15H,11-13H2,1-2H3,(H,25,26);;. The zero-order valence-electron chi connectivity index (χ0n) is 15.5. The summed E-state index contributed by atoms with van der Waals surface area (Å²) in [5, 5.41) is 9.38. The summed E-state index contributed by atoms with van der Waals surface area (Å²) in [5.74, 6) is -0.991. The first-order valence-corrected chi connectivity index (χ1v) is 9.20. The maximum atomic E-state index is 11.4. The number of carbonyl (C=O) groups is 1. The van der Waals surface area contributed by atoms with E-state index in [1.165, 1.54) is 5.56 Å². The zero-order valence-corrected chi connectivity index (χ0v) is 15.5. The summed E-state index contributed by atoms with van der Waals surface area (Å²) < 4.78 is 5.93. The summed E-state index contributed by atoms with van der Waals surface area (Å²) in [4.78, 5) is 20.6. The number of aromatic nitrogens is 1. The second-order valence-electron chi connectivity index (χ2n) is 7.24. The van der Waals surface area contributed by atoms with E-state index < -0.39 is 5.97 Å². The van der Waals surface area contributed by atoms with Gasteiger partial charge in [-0.25, -0.2) is 4.79 Å². The van der Waals surface area contributed by atoms with Crippen molar-refractivity contribution in [2.24, 2.45) is 0 Å². The van der Waals surface area contributed by atoms with E-state index in [1.807, 2.05) is 6.07 Å². The van der Waals surface area contributed by atoms with Crippen LogP contribution in [0.3, 0.4) is 0 Å². The number of oxazole rings is 1. The molecule has 0 spiro atoms. The molecule has 0 radical (unpaired) electrons. The van der Waals surface area contributed by atoms with Gasteiger partial charge in [-0.3, -0.25) is 4.90 Å². The fourth-order valence-corrected chi connectivity index (χ4v) is 4.00. The molecule has 1 N–H and O–H groups in total. The fraction of sp³-hybridized carbons (Fsp3) is 0.333. The van der Waals surface area contributed by atoms with Gasteiger partial charge in [-0.05, 0) is 31.5 Å². The molecule has 6 nitrogen and oxygen atoms in total. The molecule has 1 aliphatic heterocycles. The number of aromatic carboxylic acids is 1. The second kappa shape index (κ2) is 8.40. The zero-order chi connectivity index (χ0) is 19.0. The number of carboxylic acids is 1. The molecule has 0 saturated carbocycles. The third-order valence-corrected chi connectivity index (χ3v) is 5.10. The molecule has 1 fully saturated rings. The predicted molar refractivity (Wildman–Crippen MR) is 111 cm³/mol. The van der Waals surface area contributed by atoms with Crippen LogP contribution < -0.4 is 4.90 Å². The van der Waals surface area contributed by atoms with Crippen molar-refractivity contribution in [2.75, 3.05) is 18.0 Å². The minimum absolute atomic E-state index is 0. The molecule has 2 atom stereocenters. The van der Waals surface area contributed by atoms with Gasteiger partial charge in [0.25, 0.3) is 6.01 Å². The molecular formula is C21H24LiN3O3. The van der Waals surface area contributed by atoms with E-state index in [0.29, 0.717) is 17.1 Å². The normalized spacial score (nSPS) is 20.1. The van der Waals surface area contributed by atoms with E-state index in [-0.39, 0.29) is 36.5 Å². The van der Waals surface area contributed by atoms with Gasteiger partial charge in [-0.15, -0.1) is 0 Å². The number of fused-ring (bicyclic) bond motifs is 1. The number of hydrogen-bond acceptors (Lipinski definition) is 5. The molecule has 1 saturated heterocycles. The van der Waals surface area contributed by atoms with E-state index >= 15 is 0 Å². The first kappa shape index (κ1) is 20.5. The van der Waals surface area contributed by atoms with Gasteiger partial charge in [-0.2, -0.15) is 4.98 Å². The summed E-state index contributed by atoms with van der Waals surface area (Å²) in [5.41, 5.74) is 2.39. The molecule has 2 unspecified atom stereocenters. The molecular weight excluding hydrogens is 349 g/mol. The number of anilines is 1. The summed E-state index contributed by atoms with van der Waals surface area (Å²) in [6, 6.07) is 16.4. The molecule has 28 heavy (non-hydrogen) atoms. The Hall–Kier alpha value is -2.26.